The third-order valence-corrected chi connectivity index (χ3v) is 6.68. The minimum absolute atomic E-state index is 0.0707. The van der Waals surface area contributed by atoms with E-state index in [1.165, 1.54) is 6.07 Å². The molecule has 200 valence electrons. The Hall–Kier alpha value is -4.66. The van der Waals surface area contributed by atoms with Crippen LogP contribution in [-0.2, 0) is 9.59 Å². The summed E-state index contributed by atoms with van der Waals surface area (Å²) in [5.41, 5.74) is 1.83. The average Bonchev–Trinajstić information content (AvgIpc) is 3.16. The van der Waals surface area contributed by atoms with E-state index in [-0.39, 0.29) is 21.4 Å². The number of rotatable bonds is 7. The Morgan fingerprint density at radius 1 is 0.850 bits per heavy atom. The number of nitrogens with zero attached hydrogens (tertiary/aromatic N) is 1. The van der Waals surface area contributed by atoms with Crippen molar-refractivity contribution >= 4 is 58.0 Å². The van der Waals surface area contributed by atoms with E-state index in [1.807, 2.05) is 30.3 Å². The highest BCUT2D eigenvalue weighted by atomic mass is 35.5. The molecule has 0 bridgehead atoms. The van der Waals surface area contributed by atoms with E-state index < -0.39 is 23.5 Å². The molecular weight excluding hydrogens is 556 g/mol. The van der Waals surface area contributed by atoms with Crippen LogP contribution < -0.4 is 20.3 Å². The van der Waals surface area contributed by atoms with E-state index in [2.05, 4.69) is 10.6 Å². The number of nitrogens with one attached hydrogen (secondary N) is 2. The number of carbonyl (C=O) groups is 3. The number of hydrogen-bond acceptors (Lipinski definition) is 5. The smallest absolute Gasteiger partial charge is 0.283 e. The van der Waals surface area contributed by atoms with Gasteiger partial charge in [0.05, 0.1) is 10.7 Å². The highest BCUT2D eigenvalue weighted by molar-refractivity contribution is 6.53. The highest BCUT2D eigenvalue weighted by Crippen LogP contribution is 2.33. The number of ether oxygens (including phenoxy) is 1. The molecule has 0 radical (unpaired) electrons. The molecule has 0 spiro atoms. The predicted molar refractivity (Wildman–Crippen MR) is 152 cm³/mol. The first-order valence-corrected chi connectivity index (χ1v) is 12.7. The van der Waals surface area contributed by atoms with E-state index in [0.29, 0.717) is 34.0 Å². The van der Waals surface area contributed by atoms with Gasteiger partial charge in [0.15, 0.2) is 0 Å². The lowest BCUT2D eigenvalue weighted by atomic mass is 10.1. The third kappa shape index (κ3) is 5.54. The Bertz CT molecular complexity index is 1670. The van der Waals surface area contributed by atoms with Crippen molar-refractivity contribution in [1.82, 2.24) is 0 Å². The Kier molecular flexibility index (Phi) is 7.55. The van der Waals surface area contributed by atoms with Gasteiger partial charge in [-0.1, -0.05) is 47.5 Å². The molecule has 0 fully saturated rings. The summed E-state index contributed by atoms with van der Waals surface area (Å²) >= 11 is 12.0. The summed E-state index contributed by atoms with van der Waals surface area (Å²) in [6.07, 6.45) is 0. The number of aryl methyl sites for hydroxylation is 1. The zero-order valence-electron chi connectivity index (χ0n) is 20.9. The second kappa shape index (κ2) is 11.2. The number of para-hydroxylation sites is 1. The fourth-order valence-electron chi connectivity index (χ4n) is 3.94. The van der Waals surface area contributed by atoms with Crippen molar-refractivity contribution in [2.24, 2.45) is 0 Å². The number of benzene rings is 4. The SMILES string of the molecule is Cc1ccc(C(=O)Nc2ccc(Oc3ccccc3)cc2)cc1NC1=C(Cl)C(=O)N(c2ccc(F)c(Cl)c2)C1=O. The van der Waals surface area contributed by atoms with Gasteiger partial charge < -0.3 is 15.4 Å². The summed E-state index contributed by atoms with van der Waals surface area (Å²) in [4.78, 5) is 39.7. The molecule has 3 amide bonds. The van der Waals surface area contributed by atoms with E-state index in [0.717, 1.165) is 17.0 Å². The monoisotopic (exact) mass is 575 g/mol. The number of carbonyl (C=O) groups excluding carboxylic acids is 3. The van der Waals surface area contributed by atoms with Gasteiger partial charge in [-0.3, -0.25) is 14.4 Å². The largest absolute Gasteiger partial charge is 0.457 e. The molecule has 0 saturated heterocycles. The van der Waals surface area contributed by atoms with Crippen LogP contribution in [0.25, 0.3) is 0 Å². The standard InChI is InChI=1S/C30H20Cl2FN3O4/c1-17-7-8-18(28(37)34-19-9-12-22(13-10-19)40-21-5-3-2-4-6-21)15-25(17)35-27-26(32)29(38)36(30(27)39)20-11-14-24(33)23(31)16-20/h2-16,35H,1H3,(H,34,37). The van der Waals surface area contributed by atoms with Gasteiger partial charge in [-0.2, -0.15) is 0 Å². The molecular formula is C30H20Cl2FN3O4. The summed E-state index contributed by atoms with van der Waals surface area (Å²) in [6.45, 7) is 1.77. The Labute approximate surface area is 238 Å². The van der Waals surface area contributed by atoms with Gasteiger partial charge >= 0.3 is 0 Å². The van der Waals surface area contributed by atoms with Gasteiger partial charge in [-0.15, -0.1) is 0 Å². The van der Waals surface area contributed by atoms with Crippen LogP contribution >= 0.6 is 23.2 Å². The fraction of sp³-hybridized carbons (Fsp3) is 0.0333. The van der Waals surface area contributed by atoms with E-state index >= 15 is 0 Å². The molecule has 1 heterocycles. The van der Waals surface area contributed by atoms with Crippen LogP contribution in [0, 0.1) is 12.7 Å². The van der Waals surface area contributed by atoms with Crippen molar-refractivity contribution in [1.29, 1.82) is 0 Å². The molecule has 1 aliphatic rings. The molecule has 0 aliphatic carbocycles. The first-order valence-electron chi connectivity index (χ1n) is 12.0. The molecule has 7 nitrogen and oxygen atoms in total. The second-order valence-electron chi connectivity index (χ2n) is 8.78. The molecule has 10 heteroatoms. The van der Waals surface area contributed by atoms with Gasteiger partial charge in [0.1, 0.15) is 28.0 Å². The van der Waals surface area contributed by atoms with Gasteiger partial charge in [0.2, 0.25) is 0 Å². The third-order valence-electron chi connectivity index (χ3n) is 6.04. The average molecular weight is 576 g/mol. The van der Waals surface area contributed by atoms with Gasteiger partial charge in [0.25, 0.3) is 17.7 Å². The summed E-state index contributed by atoms with van der Waals surface area (Å²) in [5, 5.41) is 5.11. The first kappa shape index (κ1) is 26.9. The Morgan fingerprint density at radius 2 is 1.55 bits per heavy atom. The predicted octanol–water partition coefficient (Wildman–Crippen LogP) is 7.27. The van der Waals surface area contributed by atoms with Crippen LogP contribution in [0.1, 0.15) is 15.9 Å². The van der Waals surface area contributed by atoms with Crippen LogP contribution in [0.5, 0.6) is 11.5 Å². The van der Waals surface area contributed by atoms with Crippen molar-refractivity contribution in [2.75, 3.05) is 15.5 Å². The zero-order valence-corrected chi connectivity index (χ0v) is 22.4. The van der Waals surface area contributed by atoms with Crippen molar-refractivity contribution in [3.63, 3.8) is 0 Å². The summed E-state index contributed by atoms with van der Waals surface area (Å²) in [7, 11) is 0. The molecule has 4 aromatic carbocycles. The van der Waals surface area contributed by atoms with Crippen molar-refractivity contribution in [2.45, 2.75) is 6.92 Å². The molecule has 0 saturated carbocycles. The number of amides is 3. The molecule has 0 aromatic heterocycles. The van der Waals surface area contributed by atoms with Crippen LogP contribution in [0.4, 0.5) is 21.5 Å². The molecule has 0 atom stereocenters. The quantitative estimate of drug-likeness (QED) is 0.226. The van der Waals surface area contributed by atoms with Crippen molar-refractivity contribution < 1.29 is 23.5 Å². The van der Waals surface area contributed by atoms with E-state index in [4.69, 9.17) is 27.9 Å². The highest BCUT2D eigenvalue weighted by Gasteiger charge is 2.39. The normalized spacial score (nSPS) is 13.1. The summed E-state index contributed by atoms with van der Waals surface area (Å²) in [6, 6.07) is 24.6. The minimum Gasteiger partial charge on any atom is -0.457 e. The minimum atomic E-state index is -0.789. The van der Waals surface area contributed by atoms with Gasteiger partial charge in [-0.05, 0) is 79.2 Å². The summed E-state index contributed by atoms with van der Waals surface area (Å²) < 4.78 is 19.4. The number of hydrogen-bond donors (Lipinski definition) is 2. The maximum Gasteiger partial charge on any atom is 0.283 e. The molecule has 5 rings (SSSR count). The van der Waals surface area contributed by atoms with E-state index in [1.54, 1.807) is 49.4 Å². The molecule has 40 heavy (non-hydrogen) atoms. The molecule has 4 aromatic rings. The number of anilines is 3. The fourth-order valence-corrected chi connectivity index (χ4v) is 4.32. The van der Waals surface area contributed by atoms with Crippen LogP contribution in [0.15, 0.2) is 102 Å². The maximum absolute atomic E-state index is 13.6. The Morgan fingerprint density at radius 3 is 2.25 bits per heavy atom. The van der Waals surface area contributed by atoms with Crippen molar-refractivity contribution in [3.05, 3.63) is 124 Å². The van der Waals surface area contributed by atoms with Crippen LogP contribution in [-0.4, -0.2) is 17.7 Å². The lowest BCUT2D eigenvalue weighted by molar-refractivity contribution is -0.120. The maximum atomic E-state index is 13.6. The van der Waals surface area contributed by atoms with Gasteiger partial charge in [0, 0.05) is 16.9 Å². The molecule has 0 unspecified atom stereocenters. The summed E-state index contributed by atoms with van der Waals surface area (Å²) in [5.74, 6) is -1.31. The second-order valence-corrected chi connectivity index (χ2v) is 9.57. The lowest BCUT2D eigenvalue weighted by Gasteiger charge is -2.16. The topological polar surface area (TPSA) is 87.7 Å². The molecule has 1 aliphatic heterocycles. The number of halogens is 3. The number of imide groups is 1. The zero-order chi connectivity index (χ0) is 28.4. The van der Waals surface area contributed by atoms with Crippen LogP contribution in [0.2, 0.25) is 5.02 Å². The first-order chi connectivity index (χ1) is 19.2. The van der Waals surface area contributed by atoms with Crippen molar-refractivity contribution in [3.8, 4) is 11.5 Å². The van der Waals surface area contributed by atoms with Gasteiger partial charge in [-0.25, -0.2) is 9.29 Å². The van der Waals surface area contributed by atoms with Crippen LogP contribution in [0.3, 0.4) is 0 Å². The van der Waals surface area contributed by atoms with E-state index in [9.17, 15) is 18.8 Å². The Balaban J connectivity index is 1.30. The lowest BCUT2D eigenvalue weighted by Crippen LogP contribution is -2.32. The molecule has 2 N–H and O–H groups in total.